The number of aromatic nitrogens is 1. The highest BCUT2D eigenvalue weighted by atomic mass is 32.1. The summed E-state index contributed by atoms with van der Waals surface area (Å²) in [5, 5.41) is 5.49. The fourth-order valence-corrected chi connectivity index (χ4v) is 4.76. The molecule has 1 amide bonds. The van der Waals surface area contributed by atoms with Crippen molar-refractivity contribution >= 4 is 28.3 Å². The Morgan fingerprint density at radius 3 is 2.69 bits per heavy atom. The van der Waals surface area contributed by atoms with Gasteiger partial charge in [0.1, 0.15) is 0 Å². The van der Waals surface area contributed by atoms with Gasteiger partial charge in [-0.05, 0) is 58.2 Å². The van der Waals surface area contributed by atoms with Gasteiger partial charge in [-0.1, -0.05) is 17.7 Å². The van der Waals surface area contributed by atoms with E-state index in [1.807, 2.05) is 17.2 Å². The zero-order chi connectivity index (χ0) is 21.0. The third-order valence-electron chi connectivity index (χ3n) is 5.18. The van der Waals surface area contributed by atoms with Crippen LogP contribution in [0.3, 0.4) is 0 Å². The van der Waals surface area contributed by atoms with E-state index in [0.717, 1.165) is 30.6 Å². The monoisotopic (exact) mass is 415 g/mol. The van der Waals surface area contributed by atoms with Gasteiger partial charge in [-0.2, -0.15) is 0 Å². The topological polar surface area (TPSA) is 71.5 Å². The zero-order valence-corrected chi connectivity index (χ0v) is 18.4. The number of carbonyl (C=O) groups is 2. The number of esters is 1. The molecule has 2 aromatic rings. The van der Waals surface area contributed by atoms with Gasteiger partial charge >= 0.3 is 5.97 Å². The first-order valence-corrected chi connectivity index (χ1v) is 11.0. The Bertz CT molecular complexity index is 870. The largest absolute Gasteiger partial charge is 0.466 e. The summed E-state index contributed by atoms with van der Waals surface area (Å²) in [6.07, 6.45) is 1.71. The Hall–Kier alpha value is -2.25. The molecule has 1 atom stereocenters. The summed E-state index contributed by atoms with van der Waals surface area (Å²) in [6, 6.07) is 4.30. The minimum atomic E-state index is -0.161. The van der Waals surface area contributed by atoms with Crippen molar-refractivity contribution in [2.45, 2.75) is 40.5 Å². The summed E-state index contributed by atoms with van der Waals surface area (Å²) in [5.41, 5.74) is 5.62. The number of amides is 1. The molecule has 0 saturated carbocycles. The van der Waals surface area contributed by atoms with E-state index in [4.69, 9.17) is 4.74 Å². The van der Waals surface area contributed by atoms with Crippen molar-refractivity contribution in [3.63, 3.8) is 0 Å². The predicted octanol–water partition coefficient (Wildman–Crippen LogP) is 3.95. The highest BCUT2D eigenvalue weighted by Crippen LogP contribution is 2.31. The lowest BCUT2D eigenvalue weighted by Crippen LogP contribution is -2.43. The van der Waals surface area contributed by atoms with Crippen LogP contribution in [0.4, 0.5) is 5.13 Å². The highest BCUT2D eigenvalue weighted by molar-refractivity contribution is 7.14. The molecular weight excluding hydrogens is 386 g/mol. The van der Waals surface area contributed by atoms with E-state index in [-0.39, 0.29) is 24.3 Å². The lowest BCUT2D eigenvalue weighted by Gasteiger charge is -2.30. The van der Waals surface area contributed by atoms with Crippen LogP contribution in [0.1, 0.15) is 36.5 Å². The van der Waals surface area contributed by atoms with Crippen LogP contribution in [0.15, 0.2) is 17.5 Å². The van der Waals surface area contributed by atoms with Crippen molar-refractivity contribution in [3.8, 4) is 11.3 Å². The molecule has 0 radical (unpaired) electrons. The van der Waals surface area contributed by atoms with E-state index in [0.29, 0.717) is 18.3 Å². The molecule has 6 nitrogen and oxygen atoms in total. The normalized spacial score (nSPS) is 17.2. The summed E-state index contributed by atoms with van der Waals surface area (Å²) in [5.74, 6) is -0.408. The van der Waals surface area contributed by atoms with Gasteiger partial charge < -0.3 is 10.1 Å². The predicted molar refractivity (Wildman–Crippen MR) is 116 cm³/mol. The molecule has 156 valence electrons. The average Bonchev–Trinajstić information content (AvgIpc) is 3.09. The zero-order valence-electron chi connectivity index (χ0n) is 17.6. The quantitative estimate of drug-likeness (QED) is 0.724. The molecule has 0 spiro atoms. The summed E-state index contributed by atoms with van der Waals surface area (Å²) >= 11 is 1.43. The van der Waals surface area contributed by atoms with Gasteiger partial charge in [-0.25, -0.2) is 4.98 Å². The molecule has 0 bridgehead atoms. The Morgan fingerprint density at radius 1 is 1.28 bits per heavy atom. The van der Waals surface area contributed by atoms with Crippen molar-refractivity contribution in [2.24, 2.45) is 5.92 Å². The Balaban J connectivity index is 1.60. The smallest absolute Gasteiger partial charge is 0.310 e. The van der Waals surface area contributed by atoms with Crippen LogP contribution in [0.5, 0.6) is 0 Å². The Labute approximate surface area is 176 Å². The van der Waals surface area contributed by atoms with Crippen LogP contribution in [0, 0.1) is 26.7 Å². The van der Waals surface area contributed by atoms with Crippen LogP contribution in [0.2, 0.25) is 0 Å². The molecular formula is C22H29N3O3S. The van der Waals surface area contributed by atoms with Gasteiger partial charge in [0.05, 0.1) is 24.8 Å². The third kappa shape index (κ3) is 5.42. The number of anilines is 1. The van der Waals surface area contributed by atoms with Gasteiger partial charge in [-0.3, -0.25) is 14.5 Å². The first kappa shape index (κ1) is 21.5. The average molecular weight is 416 g/mol. The van der Waals surface area contributed by atoms with E-state index in [1.165, 1.54) is 28.0 Å². The molecule has 2 heterocycles. The van der Waals surface area contributed by atoms with Crippen LogP contribution in [-0.4, -0.2) is 48.0 Å². The Kier molecular flexibility index (Phi) is 7.03. The van der Waals surface area contributed by atoms with Crippen molar-refractivity contribution in [3.05, 3.63) is 34.2 Å². The third-order valence-corrected chi connectivity index (χ3v) is 5.93. The molecule has 1 aromatic carbocycles. The van der Waals surface area contributed by atoms with Gasteiger partial charge in [0, 0.05) is 17.5 Å². The molecule has 1 N–H and O–H groups in total. The maximum Gasteiger partial charge on any atom is 0.310 e. The first-order valence-electron chi connectivity index (χ1n) is 10.1. The van der Waals surface area contributed by atoms with E-state index < -0.39 is 0 Å². The van der Waals surface area contributed by atoms with E-state index >= 15 is 0 Å². The summed E-state index contributed by atoms with van der Waals surface area (Å²) < 4.78 is 5.13. The standard InChI is InChI=1S/C22H29N3O3S/c1-5-28-21(27)17-7-6-8-25(11-17)12-19(26)24-22-23-18(13-29-22)20-15(3)9-14(2)10-16(20)4/h9-10,13,17H,5-8,11-12H2,1-4H3,(H,23,24,26)/t17-/m0/s1. The second-order valence-corrected chi connectivity index (χ2v) is 8.54. The SMILES string of the molecule is CCOC(=O)[C@H]1CCCN(CC(=O)Nc2nc(-c3c(C)cc(C)cc3C)cs2)C1. The fourth-order valence-electron chi connectivity index (χ4n) is 4.04. The second-order valence-electron chi connectivity index (χ2n) is 7.69. The Morgan fingerprint density at radius 2 is 2.00 bits per heavy atom. The number of nitrogens with one attached hydrogen (secondary N) is 1. The van der Waals surface area contributed by atoms with E-state index in [9.17, 15) is 9.59 Å². The molecule has 1 aromatic heterocycles. The number of carbonyl (C=O) groups excluding carboxylic acids is 2. The lowest BCUT2D eigenvalue weighted by molar-refractivity contribution is -0.150. The number of rotatable bonds is 6. The fraction of sp³-hybridized carbons (Fsp3) is 0.500. The van der Waals surface area contributed by atoms with Gasteiger partial charge in [0.15, 0.2) is 5.13 Å². The molecule has 1 aliphatic heterocycles. The molecule has 29 heavy (non-hydrogen) atoms. The van der Waals surface area contributed by atoms with Crippen molar-refractivity contribution in [2.75, 3.05) is 31.6 Å². The number of thiazole rings is 1. The molecule has 1 saturated heterocycles. The lowest BCUT2D eigenvalue weighted by atomic mass is 9.98. The molecule has 0 aliphatic carbocycles. The second kappa shape index (κ2) is 9.50. The molecule has 7 heteroatoms. The number of benzene rings is 1. The van der Waals surface area contributed by atoms with Crippen LogP contribution >= 0.6 is 11.3 Å². The van der Waals surface area contributed by atoms with Crippen molar-refractivity contribution in [1.82, 2.24) is 9.88 Å². The number of aryl methyl sites for hydroxylation is 3. The summed E-state index contributed by atoms with van der Waals surface area (Å²) in [7, 11) is 0. The molecule has 1 aliphatic rings. The van der Waals surface area contributed by atoms with Crippen LogP contribution in [0.25, 0.3) is 11.3 Å². The van der Waals surface area contributed by atoms with Crippen LogP contribution in [-0.2, 0) is 14.3 Å². The summed E-state index contributed by atoms with van der Waals surface area (Å²) in [6.45, 7) is 10.1. The number of hydrogen-bond acceptors (Lipinski definition) is 6. The molecule has 3 rings (SSSR count). The van der Waals surface area contributed by atoms with Gasteiger partial charge in [0.2, 0.25) is 5.91 Å². The van der Waals surface area contributed by atoms with Crippen molar-refractivity contribution in [1.29, 1.82) is 0 Å². The van der Waals surface area contributed by atoms with Crippen molar-refractivity contribution < 1.29 is 14.3 Å². The van der Waals surface area contributed by atoms with Gasteiger partial charge in [-0.15, -0.1) is 11.3 Å². The number of likely N-dealkylation sites (tertiary alicyclic amines) is 1. The molecule has 0 unspecified atom stereocenters. The van der Waals surface area contributed by atoms with Gasteiger partial charge in [0.25, 0.3) is 0 Å². The van der Waals surface area contributed by atoms with E-state index in [1.54, 1.807) is 0 Å². The molecule has 1 fully saturated rings. The van der Waals surface area contributed by atoms with E-state index in [2.05, 4.69) is 43.2 Å². The van der Waals surface area contributed by atoms with Crippen LogP contribution < -0.4 is 5.32 Å². The number of ether oxygens (including phenoxy) is 1. The summed E-state index contributed by atoms with van der Waals surface area (Å²) in [4.78, 5) is 31.1. The first-order chi connectivity index (χ1) is 13.9. The maximum absolute atomic E-state index is 12.5. The number of piperidine rings is 1. The minimum absolute atomic E-state index is 0.104. The highest BCUT2D eigenvalue weighted by Gasteiger charge is 2.27. The maximum atomic E-state index is 12.5. The number of hydrogen-bond donors (Lipinski definition) is 1. The minimum Gasteiger partial charge on any atom is -0.466 e. The number of nitrogens with zero attached hydrogens (tertiary/aromatic N) is 2.